The van der Waals surface area contributed by atoms with Crippen molar-refractivity contribution >= 4 is 52.1 Å². The van der Waals surface area contributed by atoms with E-state index in [4.69, 9.17) is 21.1 Å². The van der Waals surface area contributed by atoms with Gasteiger partial charge in [0.2, 0.25) is 0 Å². The molecule has 3 aliphatic heterocycles. The summed E-state index contributed by atoms with van der Waals surface area (Å²) in [4.78, 5) is 33.8. The summed E-state index contributed by atoms with van der Waals surface area (Å²) in [6, 6.07) is 8.85. The van der Waals surface area contributed by atoms with Gasteiger partial charge < -0.3 is 19.7 Å². The molecule has 0 unspecified atom stereocenters. The molecule has 2 amide bonds. The molecule has 0 radical (unpaired) electrons. The molecule has 1 aromatic carbocycles. The normalized spacial score (nSPS) is 21.9. The van der Waals surface area contributed by atoms with Gasteiger partial charge in [-0.15, -0.1) is 11.3 Å². The van der Waals surface area contributed by atoms with Gasteiger partial charge in [0.05, 0.1) is 28.0 Å². The second-order valence-corrected chi connectivity index (χ2v) is 9.15. The minimum Gasteiger partial charge on any atom is -0.489 e. The van der Waals surface area contributed by atoms with Crippen LogP contribution in [0.5, 0.6) is 5.75 Å². The molecule has 3 aliphatic rings. The van der Waals surface area contributed by atoms with E-state index in [0.717, 1.165) is 31.0 Å². The second-order valence-electron chi connectivity index (χ2n) is 7.44. The van der Waals surface area contributed by atoms with Crippen LogP contribution in [0.3, 0.4) is 0 Å². The fourth-order valence-electron chi connectivity index (χ4n) is 4.15. The average Bonchev–Trinajstić information content (AvgIpc) is 3.50. The summed E-state index contributed by atoms with van der Waals surface area (Å²) < 4.78 is 12.1. The molecule has 162 valence electrons. The summed E-state index contributed by atoms with van der Waals surface area (Å²) in [6.45, 7) is 4.20. The standard InChI is InChI=1S/C21H21ClN4O4S/c1-2-19-23-7-8-25(19)12-3-4-13-15(9-12)29-11-14-16(30-21(28)26(13)14)10-24-20(27)17-5-6-18(22)31-17/h3-6,9,14,16H,2,7-8,10-11H2,1H3,(H,24,27)/t14-,16-/m0/s1. The number of rotatable bonds is 5. The van der Waals surface area contributed by atoms with E-state index in [1.165, 1.54) is 11.3 Å². The van der Waals surface area contributed by atoms with Crippen LogP contribution >= 0.6 is 22.9 Å². The highest BCUT2D eigenvalue weighted by atomic mass is 35.5. The van der Waals surface area contributed by atoms with Gasteiger partial charge in [0, 0.05) is 24.7 Å². The van der Waals surface area contributed by atoms with Crippen molar-refractivity contribution in [3.05, 3.63) is 39.5 Å². The Labute approximate surface area is 188 Å². The van der Waals surface area contributed by atoms with Gasteiger partial charge in [-0.1, -0.05) is 18.5 Å². The minimum atomic E-state index is -0.503. The average molecular weight is 461 g/mol. The molecule has 5 rings (SSSR count). The minimum absolute atomic E-state index is 0.197. The number of nitrogens with one attached hydrogen (secondary N) is 1. The lowest BCUT2D eigenvalue weighted by molar-refractivity contribution is 0.0890. The van der Waals surface area contributed by atoms with Crippen LogP contribution in [0.15, 0.2) is 35.3 Å². The number of nitrogens with zero attached hydrogens (tertiary/aromatic N) is 3. The van der Waals surface area contributed by atoms with Crippen molar-refractivity contribution in [2.24, 2.45) is 4.99 Å². The largest absolute Gasteiger partial charge is 0.489 e. The van der Waals surface area contributed by atoms with E-state index in [2.05, 4.69) is 22.1 Å². The van der Waals surface area contributed by atoms with Crippen molar-refractivity contribution < 1.29 is 19.1 Å². The van der Waals surface area contributed by atoms with Crippen molar-refractivity contribution in [1.82, 2.24) is 5.32 Å². The Bertz CT molecular complexity index is 1070. The lowest BCUT2D eigenvalue weighted by Gasteiger charge is -2.32. The van der Waals surface area contributed by atoms with Crippen molar-refractivity contribution in [3.63, 3.8) is 0 Å². The second kappa shape index (κ2) is 8.05. The lowest BCUT2D eigenvalue weighted by Crippen LogP contribution is -2.47. The fourth-order valence-corrected chi connectivity index (χ4v) is 5.11. The predicted octanol–water partition coefficient (Wildman–Crippen LogP) is 3.55. The van der Waals surface area contributed by atoms with Gasteiger partial charge in [-0.2, -0.15) is 0 Å². The van der Waals surface area contributed by atoms with Gasteiger partial charge in [0.1, 0.15) is 30.3 Å². The number of halogens is 1. The van der Waals surface area contributed by atoms with Crippen molar-refractivity contribution in [2.45, 2.75) is 25.5 Å². The third-order valence-electron chi connectivity index (χ3n) is 5.64. The van der Waals surface area contributed by atoms with E-state index in [-0.39, 0.29) is 18.5 Å². The maximum atomic E-state index is 12.6. The zero-order chi connectivity index (χ0) is 21.5. The monoisotopic (exact) mass is 460 g/mol. The molecule has 0 saturated carbocycles. The SMILES string of the molecule is CCC1=NCCN1c1ccc2c(c1)OC[C@H]1[C@H](CNC(=O)c3ccc(Cl)s3)OC(=O)N21. The molecule has 0 bridgehead atoms. The van der Waals surface area contributed by atoms with E-state index in [0.29, 0.717) is 27.3 Å². The summed E-state index contributed by atoms with van der Waals surface area (Å²) in [5, 5.41) is 2.82. The van der Waals surface area contributed by atoms with Crippen molar-refractivity contribution in [3.8, 4) is 5.75 Å². The van der Waals surface area contributed by atoms with Gasteiger partial charge in [0.15, 0.2) is 0 Å². The number of benzene rings is 1. The van der Waals surface area contributed by atoms with Crippen LogP contribution in [-0.2, 0) is 4.74 Å². The molecule has 1 saturated heterocycles. The van der Waals surface area contributed by atoms with E-state index >= 15 is 0 Å². The van der Waals surface area contributed by atoms with Gasteiger partial charge in [0.25, 0.3) is 5.91 Å². The first-order chi connectivity index (χ1) is 15.0. The van der Waals surface area contributed by atoms with E-state index in [9.17, 15) is 9.59 Å². The zero-order valence-corrected chi connectivity index (χ0v) is 18.4. The summed E-state index contributed by atoms with van der Waals surface area (Å²) >= 11 is 7.10. The summed E-state index contributed by atoms with van der Waals surface area (Å²) in [6.07, 6.45) is -0.0707. The summed E-state index contributed by atoms with van der Waals surface area (Å²) in [7, 11) is 0. The molecule has 4 heterocycles. The molecule has 2 atom stereocenters. The highest BCUT2D eigenvalue weighted by Gasteiger charge is 2.46. The quantitative estimate of drug-likeness (QED) is 0.737. The van der Waals surface area contributed by atoms with Crippen LogP contribution in [0.1, 0.15) is 23.0 Å². The molecule has 1 aromatic heterocycles. The number of carbonyl (C=O) groups excluding carboxylic acids is 2. The number of amides is 2. The predicted molar refractivity (Wildman–Crippen MR) is 120 cm³/mol. The first-order valence-electron chi connectivity index (χ1n) is 10.2. The molecule has 31 heavy (non-hydrogen) atoms. The topological polar surface area (TPSA) is 83.5 Å². The Kier molecular flexibility index (Phi) is 5.23. The molecular weight excluding hydrogens is 440 g/mol. The Morgan fingerprint density at radius 2 is 2.23 bits per heavy atom. The molecule has 10 heteroatoms. The lowest BCUT2D eigenvalue weighted by atomic mass is 10.1. The molecule has 1 fully saturated rings. The Morgan fingerprint density at radius 1 is 1.35 bits per heavy atom. The number of hydrogen-bond acceptors (Lipinski definition) is 7. The number of anilines is 2. The fraction of sp³-hybridized carbons (Fsp3) is 0.381. The third kappa shape index (κ3) is 3.61. The van der Waals surface area contributed by atoms with Crippen LogP contribution in [0, 0.1) is 0 Å². The van der Waals surface area contributed by atoms with Crippen molar-refractivity contribution in [1.29, 1.82) is 0 Å². The van der Waals surface area contributed by atoms with Gasteiger partial charge in [-0.3, -0.25) is 14.7 Å². The van der Waals surface area contributed by atoms with Gasteiger partial charge >= 0.3 is 6.09 Å². The number of hydrogen-bond donors (Lipinski definition) is 1. The van der Waals surface area contributed by atoms with Crippen LogP contribution < -0.4 is 19.9 Å². The highest BCUT2D eigenvalue weighted by Crippen LogP contribution is 2.41. The number of cyclic esters (lactones) is 1. The van der Waals surface area contributed by atoms with E-state index in [1.54, 1.807) is 17.0 Å². The van der Waals surface area contributed by atoms with E-state index < -0.39 is 12.2 Å². The molecular formula is C21H21ClN4O4S. The first kappa shape index (κ1) is 20.1. The first-order valence-corrected chi connectivity index (χ1v) is 11.4. The van der Waals surface area contributed by atoms with Gasteiger partial charge in [-0.05, 0) is 24.3 Å². The Balaban J connectivity index is 1.30. The van der Waals surface area contributed by atoms with Crippen LogP contribution in [-0.4, -0.2) is 56.2 Å². The molecule has 1 N–H and O–H groups in total. The smallest absolute Gasteiger partial charge is 0.415 e. The number of thiophene rings is 1. The van der Waals surface area contributed by atoms with Gasteiger partial charge in [-0.25, -0.2) is 4.79 Å². The summed E-state index contributed by atoms with van der Waals surface area (Å²) in [5.74, 6) is 1.45. The Morgan fingerprint density at radius 3 is 3.00 bits per heavy atom. The van der Waals surface area contributed by atoms with E-state index in [1.807, 2.05) is 18.2 Å². The van der Waals surface area contributed by atoms with Crippen LogP contribution in [0.2, 0.25) is 4.34 Å². The maximum absolute atomic E-state index is 12.6. The number of carbonyl (C=O) groups is 2. The number of ether oxygens (including phenoxy) is 2. The molecule has 0 spiro atoms. The number of amidine groups is 1. The van der Waals surface area contributed by atoms with Crippen LogP contribution in [0.4, 0.5) is 16.2 Å². The van der Waals surface area contributed by atoms with Crippen molar-refractivity contribution in [2.75, 3.05) is 36.0 Å². The highest BCUT2D eigenvalue weighted by molar-refractivity contribution is 7.18. The number of fused-ring (bicyclic) bond motifs is 3. The summed E-state index contributed by atoms with van der Waals surface area (Å²) in [5.41, 5.74) is 1.68. The molecule has 0 aliphatic carbocycles. The molecule has 8 nitrogen and oxygen atoms in total. The Hall–Kier alpha value is -2.78. The third-order valence-corrected chi connectivity index (χ3v) is 6.87. The number of aliphatic imine (C=N–C) groups is 1. The molecule has 2 aromatic rings. The maximum Gasteiger partial charge on any atom is 0.415 e. The zero-order valence-electron chi connectivity index (χ0n) is 16.8. The van der Waals surface area contributed by atoms with Crippen LogP contribution in [0.25, 0.3) is 0 Å².